The van der Waals surface area contributed by atoms with Crippen molar-refractivity contribution in [1.82, 2.24) is 4.98 Å². The minimum absolute atomic E-state index is 0. The molecule has 0 radical (unpaired) electrons. The first kappa shape index (κ1) is 10.8. The lowest BCUT2D eigenvalue weighted by molar-refractivity contribution is 0.0998. The van der Waals surface area contributed by atoms with Crippen molar-refractivity contribution < 1.29 is 9.18 Å². The number of rotatable bonds is 2. The monoisotopic (exact) mass is 190 g/mol. The van der Waals surface area contributed by atoms with Gasteiger partial charge in [0.1, 0.15) is 6.67 Å². The normalized spacial score (nSPS) is 8.75. The molecule has 0 saturated carbocycles. The van der Waals surface area contributed by atoms with Crippen LogP contribution in [0.25, 0.3) is 0 Å². The second kappa shape index (κ2) is 4.66. The zero-order valence-electron chi connectivity index (χ0n) is 6.16. The van der Waals surface area contributed by atoms with Crippen LogP contribution in [0.4, 0.5) is 4.39 Å². The van der Waals surface area contributed by atoms with E-state index in [9.17, 15) is 9.18 Å². The van der Waals surface area contributed by atoms with Gasteiger partial charge in [-0.1, -0.05) is 0 Å². The fourth-order valence-electron chi connectivity index (χ4n) is 0.769. The van der Waals surface area contributed by atoms with Crippen molar-refractivity contribution in [3.63, 3.8) is 0 Å². The Morgan fingerprint density at radius 3 is 2.75 bits per heavy atom. The summed E-state index contributed by atoms with van der Waals surface area (Å²) in [7, 11) is 0. The zero-order valence-corrected chi connectivity index (χ0v) is 6.97. The molecular formula is C7H8ClFN2O. The molecular weight excluding hydrogens is 183 g/mol. The van der Waals surface area contributed by atoms with Crippen LogP contribution in [0.1, 0.15) is 16.1 Å². The highest BCUT2D eigenvalue weighted by Gasteiger charge is 2.06. The highest BCUT2D eigenvalue weighted by molar-refractivity contribution is 5.93. The number of pyridine rings is 1. The van der Waals surface area contributed by atoms with Crippen LogP contribution in [0.5, 0.6) is 0 Å². The van der Waals surface area contributed by atoms with E-state index in [0.29, 0.717) is 0 Å². The zero-order chi connectivity index (χ0) is 8.27. The summed E-state index contributed by atoms with van der Waals surface area (Å²) in [6.45, 7) is -0.765. The number of alkyl halides is 1. The van der Waals surface area contributed by atoms with Crippen LogP contribution in [0.15, 0.2) is 18.3 Å². The summed E-state index contributed by atoms with van der Waals surface area (Å²) in [6, 6.07) is 2.99. The molecule has 1 aromatic heterocycles. The van der Waals surface area contributed by atoms with Crippen molar-refractivity contribution in [2.24, 2.45) is 5.73 Å². The molecule has 0 aliphatic carbocycles. The molecule has 0 aliphatic heterocycles. The van der Waals surface area contributed by atoms with Gasteiger partial charge < -0.3 is 5.73 Å². The Bertz CT molecular complexity index is 280. The maximum Gasteiger partial charge on any atom is 0.250 e. The predicted molar refractivity (Wildman–Crippen MR) is 44.8 cm³/mol. The van der Waals surface area contributed by atoms with Gasteiger partial charge in [-0.15, -0.1) is 12.4 Å². The molecule has 0 spiro atoms. The van der Waals surface area contributed by atoms with E-state index in [1.165, 1.54) is 12.3 Å². The standard InChI is InChI=1S/C7H7FN2O.ClH/c8-4-6-5(7(9)11)2-1-3-10-6;/h1-3H,4H2,(H2,9,11);1H. The van der Waals surface area contributed by atoms with Crippen LogP contribution in [0, 0.1) is 0 Å². The number of carbonyl (C=O) groups excluding carboxylic acids is 1. The highest BCUT2D eigenvalue weighted by atomic mass is 35.5. The van der Waals surface area contributed by atoms with Gasteiger partial charge in [0, 0.05) is 6.20 Å². The fraction of sp³-hybridized carbons (Fsp3) is 0.143. The lowest BCUT2D eigenvalue weighted by atomic mass is 10.2. The molecule has 0 saturated heterocycles. The van der Waals surface area contributed by atoms with Crippen molar-refractivity contribution in [2.45, 2.75) is 6.67 Å². The average molecular weight is 191 g/mol. The van der Waals surface area contributed by atoms with E-state index in [-0.39, 0.29) is 23.7 Å². The Morgan fingerprint density at radius 2 is 2.33 bits per heavy atom. The SMILES string of the molecule is Cl.NC(=O)c1cccnc1CF. The van der Waals surface area contributed by atoms with Crippen molar-refractivity contribution in [1.29, 1.82) is 0 Å². The first-order valence-electron chi connectivity index (χ1n) is 3.05. The Labute approximate surface area is 75.2 Å². The van der Waals surface area contributed by atoms with Gasteiger partial charge in [-0.25, -0.2) is 4.39 Å². The molecule has 0 aliphatic rings. The third-order valence-corrected chi connectivity index (χ3v) is 1.28. The van der Waals surface area contributed by atoms with Gasteiger partial charge in [-0.2, -0.15) is 0 Å². The van der Waals surface area contributed by atoms with Crippen LogP contribution >= 0.6 is 12.4 Å². The molecule has 5 heteroatoms. The molecule has 1 rings (SSSR count). The van der Waals surface area contributed by atoms with Gasteiger partial charge in [-0.05, 0) is 12.1 Å². The molecule has 0 aromatic carbocycles. The van der Waals surface area contributed by atoms with E-state index in [0.717, 1.165) is 0 Å². The third-order valence-electron chi connectivity index (χ3n) is 1.28. The average Bonchev–Trinajstić information content (AvgIpc) is 2.04. The van der Waals surface area contributed by atoms with E-state index >= 15 is 0 Å². The molecule has 3 nitrogen and oxygen atoms in total. The second-order valence-electron chi connectivity index (χ2n) is 2.00. The van der Waals surface area contributed by atoms with Gasteiger partial charge in [0.2, 0.25) is 0 Å². The van der Waals surface area contributed by atoms with Gasteiger partial charge in [0.25, 0.3) is 5.91 Å². The Kier molecular flexibility index (Phi) is 4.21. The van der Waals surface area contributed by atoms with Crippen molar-refractivity contribution >= 4 is 18.3 Å². The lowest BCUT2D eigenvalue weighted by Gasteiger charge is -1.98. The number of halogens is 2. The van der Waals surface area contributed by atoms with Crippen molar-refractivity contribution in [3.8, 4) is 0 Å². The summed E-state index contributed by atoms with van der Waals surface area (Å²) < 4.78 is 12.1. The summed E-state index contributed by atoms with van der Waals surface area (Å²) >= 11 is 0. The van der Waals surface area contributed by atoms with E-state index in [1.807, 2.05) is 0 Å². The minimum atomic E-state index is -0.765. The summed E-state index contributed by atoms with van der Waals surface area (Å²) in [5.74, 6) is -0.647. The van der Waals surface area contributed by atoms with E-state index < -0.39 is 12.6 Å². The van der Waals surface area contributed by atoms with Gasteiger partial charge in [0.05, 0.1) is 11.3 Å². The number of nitrogens with two attached hydrogens (primary N) is 1. The fourth-order valence-corrected chi connectivity index (χ4v) is 0.769. The highest BCUT2D eigenvalue weighted by Crippen LogP contribution is 2.04. The van der Waals surface area contributed by atoms with Gasteiger partial charge in [-0.3, -0.25) is 9.78 Å². The molecule has 1 heterocycles. The Morgan fingerprint density at radius 1 is 1.67 bits per heavy atom. The number of hydrogen-bond acceptors (Lipinski definition) is 2. The Hall–Kier alpha value is -1.16. The maximum absolute atomic E-state index is 12.1. The number of hydrogen-bond donors (Lipinski definition) is 1. The number of carbonyl (C=O) groups is 1. The molecule has 0 bridgehead atoms. The van der Waals surface area contributed by atoms with Gasteiger partial charge >= 0.3 is 0 Å². The van der Waals surface area contributed by atoms with Crippen LogP contribution in [-0.2, 0) is 6.67 Å². The maximum atomic E-state index is 12.1. The van der Waals surface area contributed by atoms with E-state index in [4.69, 9.17) is 5.73 Å². The number of amides is 1. The number of nitrogens with zero attached hydrogens (tertiary/aromatic N) is 1. The minimum Gasteiger partial charge on any atom is -0.366 e. The molecule has 12 heavy (non-hydrogen) atoms. The van der Waals surface area contributed by atoms with Crippen LogP contribution in [0.2, 0.25) is 0 Å². The largest absolute Gasteiger partial charge is 0.366 e. The van der Waals surface area contributed by atoms with E-state index in [2.05, 4.69) is 4.98 Å². The topological polar surface area (TPSA) is 56.0 Å². The molecule has 0 fully saturated rings. The summed E-state index contributed by atoms with van der Waals surface area (Å²) in [5.41, 5.74) is 5.19. The van der Waals surface area contributed by atoms with E-state index in [1.54, 1.807) is 6.07 Å². The Balaban J connectivity index is 0.00000121. The molecule has 66 valence electrons. The molecule has 0 atom stereocenters. The molecule has 2 N–H and O–H groups in total. The summed E-state index contributed by atoms with van der Waals surface area (Å²) in [6.07, 6.45) is 1.42. The third kappa shape index (κ3) is 2.17. The number of primary amides is 1. The quantitative estimate of drug-likeness (QED) is 0.759. The lowest BCUT2D eigenvalue weighted by Crippen LogP contribution is -2.13. The van der Waals surface area contributed by atoms with Crippen molar-refractivity contribution in [2.75, 3.05) is 0 Å². The number of aromatic nitrogens is 1. The predicted octanol–water partition coefficient (Wildman–Crippen LogP) is 1.07. The van der Waals surface area contributed by atoms with Gasteiger partial charge in [0.15, 0.2) is 0 Å². The second-order valence-corrected chi connectivity index (χ2v) is 2.00. The molecule has 1 aromatic rings. The smallest absolute Gasteiger partial charge is 0.250 e. The van der Waals surface area contributed by atoms with Crippen LogP contribution < -0.4 is 5.73 Å². The van der Waals surface area contributed by atoms with Crippen LogP contribution in [-0.4, -0.2) is 10.9 Å². The first-order chi connectivity index (χ1) is 5.25. The first-order valence-corrected chi connectivity index (χ1v) is 3.05. The van der Waals surface area contributed by atoms with Crippen LogP contribution in [0.3, 0.4) is 0 Å². The van der Waals surface area contributed by atoms with Crippen molar-refractivity contribution in [3.05, 3.63) is 29.6 Å². The molecule has 1 amide bonds. The summed E-state index contributed by atoms with van der Waals surface area (Å²) in [4.78, 5) is 14.2. The summed E-state index contributed by atoms with van der Waals surface area (Å²) in [5, 5.41) is 0. The molecule has 0 unspecified atom stereocenters.